The van der Waals surface area contributed by atoms with E-state index in [-0.39, 0.29) is 18.3 Å². The number of nitrogens with one attached hydrogen (secondary N) is 2. The second-order valence-electron chi connectivity index (χ2n) is 5.47. The van der Waals surface area contributed by atoms with Gasteiger partial charge in [0.2, 0.25) is 0 Å². The van der Waals surface area contributed by atoms with Crippen LogP contribution < -0.4 is 20.1 Å². The summed E-state index contributed by atoms with van der Waals surface area (Å²) < 4.78 is 10.4. The average molecular weight is 349 g/mol. The molecule has 0 bridgehead atoms. The first-order valence-corrected chi connectivity index (χ1v) is 7.56. The number of hydrogen-bond acceptors (Lipinski definition) is 4. The second-order valence-corrected chi connectivity index (χ2v) is 5.47. The van der Waals surface area contributed by atoms with Crippen LogP contribution in [-0.4, -0.2) is 26.7 Å². The summed E-state index contributed by atoms with van der Waals surface area (Å²) in [4.78, 5) is 12.5. The zero-order valence-electron chi connectivity index (χ0n) is 13.7. The number of amides is 1. The fraction of sp³-hybridized carbons (Fsp3) is 0.278. The lowest BCUT2D eigenvalue weighted by Crippen LogP contribution is -2.23. The lowest BCUT2D eigenvalue weighted by molar-refractivity contribution is 0.102. The Morgan fingerprint density at radius 3 is 2.42 bits per heavy atom. The van der Waals surface area contributed by atoms with Gasteiger partial charge in [0.1, 0.15) is 11.5 Å². The fourth-order valence-electron chi connectivity index (χ4n) is 2.70. The average Bonchev–Trinajstić information content (AvgIpc) is 2.61. The quantitative estimate of drug-likeness (QED) is 0.891. The van der Waals surface area contributed by atoms with E-state index in [9.17, 15) is 4.79 Å². The van der Waals surface area contributed by atoms with E-state index in [0.717, 1.165) is 25.2 Å². The van der Waals surface area contributed by atoms with E-state index in [1.54, 1.807) is 32.4 Å². The zero-order valence-corrected chi connectivity index (χ0v) is 14.5. The first kappa shape index (κ1) is 18.1. The summed E-state index contributed by atoms with van der Waals surface area (Å²) in [6.07, 6.45) is 1.02. The molecule has 0 fully saturated rings. The van der Waals surface area contributed by atoms with E-state index in [0.29, 0.717) is 17.1 Å². The highest BCUT2D eigenvalue weighted by Crippen LogP contribution is 2.24. The van der Waals surface area contributed by atoms with Gasteiger partial charge in [0, 0.05) is 23.9 Å². The van der Waals surface area contributed by atoms with Gasteiger partial charge in [-0.1, -0.05) is 6.07 Å². The van der Waals surface area contributed by atoms with Crippen LogP contribution in [0, 0.1) is 0 Å². The Balaban J connectivity index is 0.00000208. The van der Waals surface area contributed by atoms with Gasteiger partial charge in [-0.3, -0.25) is 4.79 Å². The van der Waals surface area contributed by atoms with Gasteiger partial charge in [0.25, 0.3) is 5.91 Å². The number of hydrogen-bond donors (Lipinski definition) is 2. The highest BCUT2D eigenvalue weighted by atomic mass is 35.5. The van der Waals surface area contributed by atoms with E-state index < -0.39 is 0 Å². The highest BCUT2D eigenvalue weighted by Gasteiger charge is 2.13. The number of ether oxygens (including phenoxy) is 2. The number of carbonyl (C=O) groups excluding carboxylic acids is 1. The molecular formula is C18H21ClN2O3. The number of methoxy groups -OCH3 is 2. The SMILES string of the molecule is COc1cc(OC)cc(C(=O)Nc2ccc3c(c2)CNCC3)c1.Cl. The molecule has 0 spiro atoms. The van der Waals surface area contributed by atoms with Crippen molar-refractivity contribution >= 4 is 24.0 Å². The Morgan fingerprint density at radius 2 is 1.75 bits per heavy atom. The van der Waals surface area contributed by atoms with Gasteiger partial charge in [-0.2, -0.15) is 0 Å². The zero-order chi connectivity index (χ0) is 16.2. The third-order valence-electron chi connectivity index (χ3n) is 3.96. The predicted octanol–water partition coefficient (Wildman–Crippen LogP) is 3.02. The number of benzene rings is 2. The minimum Gasteiger partial charge on any atom is -0.497 e. The third kappa shape index (κ3) is 3.99. The molecule has 0 radical (unpaired) electrons. The Labute approximate surface area is 147 Å². The minimum absolute atomic E-state index is 0. The number of carbonyl (C=O) groups is 1. The van der Waals surface area contributed by atoms with Gasteiger partial charge >= 0.3 is 0 Å². The predicted molar refractivity (Wildman–Crippen MR) is 96.6 cm³/mol. The molecule has 1 aliphatic heterocycles. The highest BCUT2D eigenvalue weighted by molar-refractivity contribution is 6.04. The molecule has 0 unspecified atom stereocenters. The molecule has 3 rings (SSSR count). The maximum atomic E-state index is 12.5. The Kier molecular flexibility index (Phi) is 6.06. The van der Waals surface area contributed by atoms with E-state index in [1.165, 1.54) is 11.1 Å². The molecule has 5 nitrogen and oxygen atoms in total. The van der Waals surface area contributed by atoms with Crippen LogP contribution in [0.4, 0.5) is 5.69 Å². The van der Waals surface area contributed by atoms with Crippen LogP contribution >= 0.6 is 12.4 Å². The van der Waals surface area contributed by atoms with E-state index in [2.05, 4.69) is 16.7 Å². The van der Waals surface area contributed by atoms with Crippen molar-refractivity contribution in [2.75, 3.05) is 26.1 Å². The van der Waals surface area contributed by atoms with Gasteiger partial charge in [0.05, 0.1) is 14.2 Å². The van der Waals surface area contributed by atoms with Gasteiger partial charge < -0.3 is 20.1 Å². The van der Waals surface area contributed by atoms with Crippen molar-refractivity contribution in [1.29, 1.82) is 0 Å². The molecule has 0 aromatic heterocycles. The van der Waals surface area contributed by atoms with Crippen LogP contribution in [0.1, 0.15) is 21.5 Å². The van der Waals surface area contributed by atoms with Crippen molar-refractivity contribution in [1.82, 2.24) is 5.32 Å². The van der Waals surface area contributed by atoms with Gasteiger partial charge in [-0.15, -0.1) is 12.4 Å². The van der Waals surface area contributed by atoms with Crippen LogP contribution in [0.5, 0.6) is 11.5 Å². The summed E-state index contributed by atoms with van der Waals surface area (Å²) in [6.45, 7) is 1.84. The van der Waals surface area contributed by atoms with E-state index in [4.69, 9.17) is 9.47 Å². The van der Waals surface area contributed by atoms with E-state index in [1.807, 2.05) is 12.1 Å². The molecule has 1 amide bonds. The lowest BCUT2D eigenvalue weighted by Gasteiger charge is -2.18. The summed E-state index contributed by atoms with van der Waals surface area (Å²) in [7, 11) is 3.12. The van der Waals surface area contributed by atoms with Crippen molar-refractivity contribution < 1.29 is 14.3 Å². The number of halogens is 1. The topological polar surface area (TPSA) is 59.6 Å². The monoisotopic (exact) mass is 348 g/mol. The molecule has 0 saturated heterocycles. The first-order valence-electron chi connectivity index (χ1n) is 7.56. The molecule has 0 saturated carbocycles. The van der Waals surface area contributed by atoms with Crippen LogP contribution in [0.25, 0.3) is 0 Å². The van der Waals surface area contributed by atoms with Crippen LogP contribution in [0.15, 0.2) is 36.4 Å². The minimum atomic E-state index is -0.189. The first-order chi connectivity index (χ1) is 11.2. The maximum Gasteiger partial charge on any atom is 0.255 e. The van der Waals surface area contributed by atoms with Gasteiger partial charge in [-0.05, 0) is 48.4 Å². The summed E-state index contributed by atoms with van der Waals surface area (Å²) in [5, 5.41) is 6.27. The molecule has 2 aromatic carbocycles. The molecule has 2 aromatic rings. The fourth-order valence-corrected chi connectivity index (χ4v) is 2.70. The molecule has 0 atom stereocenters. The lowest BCUT2D eigenvalue weighted by atomic mass is 10.0. The van der Waals surface area contributed by atoms with Crippen molar-refractivity contribution in [3.05, 3.63) is 53.1 Å². The normalized spacial score (nSPS) is 12.6. The number of anilines is 1. The largest absolute Gasteiger partial charge is 0.497 e. The Hall–Kier alpha value is -2.24. The van der Waals surface area contributed by atoms with Gasteiger partial charge in [0.15, 0.2) is 0 Å². The summed E-state index contributed by atoms with van der Waals surface area (Å²) >= 11 is 0. The Morgan fingerprint density at radius 1 is 1.04 bits per heavy atom. The van der Waals surface area contributed by atoms with Crippen LogP contribution in [-0.2, 0) is 13.0 Å². The van der Waals surface area contributed by atoms with Crippen LogP contribution in [0.2, 0.25) is 0 Å². The Bertz CT molecular complexity index is 712. The van der Waals surface area contributed by atoms with Crippen LogP contribution in [0.3, 0.4) is 0 Å². The number of rotatable bonds is 4. The number of fused-ring (bicyclic) bond motifs is 1. The molecule has 128 valence electrons. The maximum absolute atomic E-state index is 12.5. The van der Waals surface area contributed by atoms with Crippen molar-refractivity contribution in [2.24, 2.45) is 0 Å². The third-order valence-corrected chi connectivity index (χ3v) is 3.96. The van der Waals surface area contributed by atoms with Crippen molar-refractivity contribution in [3.8, 4) is 11.5 Å². The molecule has 1 aliphatic rings. The molecule has 6 heteroatoms. The van der Waals surface area contributed by atoms with E-state index >= 15 is 0 Å². The van der Waals surface area contributed by atoms with Crippen molar-refractivity contribution in [2.45, 2.75) is 13.0 Å². The molecular weight excluding hydrogens is 328 g/mol. The smallest absolute Gasteiger partial charge is 0.255 e. The summed E-state index contributed by atoms with van der Waals surface area (Å²) in [6, 6.07) is 11.2. The standard InChI is InChI=1S/C18H20N2O3.ClH/c1-22-16-8-13(9-17(10-16)23-2)18(21)20-15-4-3-12-5-6-19-11-14(12)7-15;/h3-4,7-10,19H,5-6,11H2,1-2H3,(H,20,21);1H. The molecule has 24 heavy (non-hydrogen) atoms. The molecule has 0 aliphatic carbocycles. The molecule has 2 N–H and O–H groups in total. The summed E-state index contributed by atoms with van der Waals surface area (Å²) in [5.74, 6) is 0.985. The molecule has 1 heterocycles. The second kappa shape index (κ2) is 8.04. The summed E-state index contributed by atoms with van der Waals surface area (Å²) in [5.41, 5.74) is 3.86. The van der Waals surface area contributed by atoms with Gasteiger partial charge in [-0.25, -0.2) is 0 Å². The van der Waals surface area contributed by atoms with Crippen molar-refractivity contribution in [3.63, 3.8) is 0 Å².